The number of anilines is 1. The van der Waals surface area contributed by atoms with E-state index in [1.165, 1.54) is 27.6 Å². The number of carboxylic acid groups (broad SMARTS) is 1. The third kappa shape index (κ3) is 3.37. The fourth-order valence-electron chi connectivity index (χ4n) is 1.57. The van der Waals surface area contributed by atoms with Crippen LogP contribution in [0, 0.1) is 0 Å². The largest absolute Gasteiger partial charge is 0.478 e. The summed E-state index contributed by atoms with van der Waals surface area (Å²) < 4.78 is 2.47. The second-order valence-electron chi connectivity index (χ2n) is 3.73. The number of carbonyl (C=O) groups excluding carboxylic acids is 1. The summed E-state index contributed by atoms with van der Waals surface area (Å²) in [6.07, 6.45) is 1.90. The molecular formula is C13H12N2O3S2. The Hall–Kier alpha value is -1.86. The van der Waals surface area contributed by atoms with Crippen LogP contribution in [0.3, 0.4) is 0 Å². The van der Waals surface area contributed by atoms with Gasteiger partial charge in [0.1, 0.15) is 0 Å². The number of aromatic nitrogens is 1. The minimum atomic E-state index is -1.14. The van der Waals surface area contributed by atoms with Crippen LogP contribution in [0.2, 0.25) is 0 Å². The molecule has 0 spiro atoms. The van der Waals surface area contributed by atoms with Crippen molar-refractivity contribution < 1.29 is 14.7 Å². The lowest BCUT2D eigenvalue weighted by Crippen LogP contribution is -2.22. The highest BCUT2D eigenvalue weighted by atomic mass is 32.2. The lowest BCUT2D eigenvalue weighted by molar-refractivity contribution is -0.131. The number of hydrogen-bond donors (Lipinski definition) is 1. The van der Waals surface area contributed by atoms with Crippen molar-refractivity contribution in [3.05, 3.63) is 35.9 Å². The highest BCUT2D eigenvalue weighted by Crippen LogP contribution is 2.28. The van der Waals surface area contributed by atoms with Gasteiger partial charge in [-0.3, -0.25) is 9.10 Å². The van der Waals surface area contributed by atoms with Crippen LogP contribution >= 0.6 is 23.3 Å². The maximum Gasteiger partial charge on any atom is 0.328 e. The molecule has 20 heavy (non-hydrogen) atoms. The number of amides is 1. The average Bonchev–Trinajstić information content (AvgIpc) is 2.89. The van der Waals surface area contributed by atoms with Gasteiger partial charge >= 0.3 is 5.97 Å². The number of nitrogens with zero attached hydrogens (tertiary/aromatic N) is 2. The van der Waals surface area contributed by atoms with Crippen LogP contribution in [0.15, 0.2) is 35.9 Å². The van der Waals surface area contributed by atoms with Crippen LogP contribution in [0.1, 0.15) is 6.92 Å². The van der Waals surface area contributed by atoms with E-state index >= 15 is 0 Å². The van der Waals surface area contributed by atoms with Gasteiger partial charge in [-0.15, -0.1) is 11.3 Å². The third-order valence-corrected chi connectivity index (χ3v) is 4.08. The van der Waals surface area contributed by atoms with Crippen LogP contribution < -0.4 is 4.31 Å². The number of fused-ring (bicyclic) bond motifs is 1. The van der Waals surface area contributed by atoms with E-state index in [1.54, 1.807) is 11.6 Å². The molecule has 0 aliphatic carbocycles. The monoisotopic (exact) mass is 308 g/mol. The maximum atomic E-state index is 12.1. The van der Waals surface area contributed by atoms with Crippen molar-refractivity contribution in [2.45, 2.75) is 6.92 Å². The van der Waals surface area contributed by atoms with Gasteiger partial charge < -0.3 is 5.11 Å². The molecule has 0 bridgehead atoms. The lowest BCUT2D eigenvalue weighted by Gasteiger charge is -2.19. The maximum absolute atomic E-state index is 12.1. The van der Waals surface area contributed by atoms with Gasteiger partial charge in [-0.05, 0) is 30.1 Å². The SMILES string of the molecule is CCSN(C(=O)C=CC(=O)O)c1ccc2ncsc2c1. The minimum absolute atomic E-state index is 0.372. The van der Waals surface area contributed by atoms with E-state index in [0.29, 0.717) is 11.4 Å². The standard InChI is InChI=1S/C13H12N2O3S2/c1-2-20-15(12(16)5-6-13(17)18)9-3-4-10-11(7-9)19-8-14-10/h3-8H,2H2,1H3,(H,17,18). The predicted octanol–water partition coefficient (Wildman–Crippen LogP) is 2.94. The molecule has 1 heterocycles. The van der Waals surface area contributed by atoms with Crippen LogP contribution in [0.5, 0.6) is 0 Å². The molecule has 0 radical (unpaired) electrons. The van der Waals surface area contributed by atoms with E-state index in [0.717, 1.165) is 22.4 Å². The summed E-state index contributed by atoms with van der Waals surface area (Å²) in [5.74, 6) is -0.811. The minimum Gasteiger partial charge on any atom is -0.478 e. The highest BCUT2D eigenvalue weighted by Gasteiger charge is 2.14. The first-order chi connectivity index (χ1) is 9.61. The summed E-state index contributed by atoms with van der Waals surface area (Å²) in [7, 11) is 0. The average molecular weight is 308 g/mol. The normalized spacial score (nSPS) is 11.1. The fraction of sp³-hybridized carbons (Fsp3) is 0.154. The Morgan fingerprint density at radius 2 is 2.25 bits per heavy atom. The molecule has 0 atom stereocenters. The molecule has 0 saturated heterocycles. The second-order valence-corrected chi connectivity index (χ2v) is 5.81. The van der Waals surface area contributed by atoms with Crippen molar-refractivity contribution in [3.8, 4) is 0 Å². The highest BCUT2D eigenvalue weighted by molar-refractivity contribution is 8.01. The zero-order valence-corrected chi connectivity index (χ0v) is 12.3. The summed E-state index contributed by atoms with van der Waals surface area (Å²) in [5, 5.41) is 8.59. The van der Waals surface area contributed by atoms with E-state index in [-0.39, 0.29) is 5.91 Å². The van der Waals surface area contributed by atoms with Crippen molar-refractivity contribution >= 4 is 51.1 Å². The van der Waals surface area contributed by atoms with Crippen LogP contribution in [0.4, 0.5) is 5.69 Å². The molecule has 1 aromatic carbocycles. The Kier molecular flexibility index (Phi) is 4.75. The van der Waals surface area contributed by atoms with Gasteiger partial charge in [-0.25, -0.2) is 9.78 Å². The van der Waals surface area contributed by atoms with Crippen molar-refractivity contribution in [2.24, 2.45) is 0 Å². The molecule has 7 heteroatoms. The number of carbonyl (C=O) groups is 2. The van der Waals surface area contributed by atoms with Gasteiger partial charge in [0.15, 0.2) is 0 Å². The zero-order valence-electron chi connectivity index (χ0n) is 10.6. The fourth-order valence-corrected chi connectivity index (χ4v) is 2.99. The van der Waals surface area contributed by atoms with Gasteiger partial charge in [-0.1, -0.05) is 6.92 Å². The molecule has 1 amide bonds. The Morgan fingerprint density at radius 3 is 2.95 bits per heavy atom. The van der Waals surface area contributed by atoms with Gasteiger partial charge in [0.2, 0.25) is 0 Å². The van der Waals surface area contributed by atoms with E-state index in [4.69, 9.17) is 5.11 Å². The summed E-state index contributed by atoms with van der Waals surface area (Å²) in [4.78, 5) is 26.7. The topological polar surface area (TPSA) is 70.5 Å². The number of hydrogen-bond acceptors (Lipinski definition) is 5. The first-order valence-corrected chi connectivity index (χ1v) is 7.65. The lowest BCUT2D eigenvalue weighted by atomic mass is 10.3. The molecule has 0 saturated carbocycles. The summed E-state index contributed by atoms with van der Waals surface area (Å²) in [5.41, 5.74) is 3.35. The van der Waals surface area contributed by atoms with Gasteiger partial charge in [0.05, 0.1) is 21.4 Å². The van der Waals surface area contributed by atoms with E-state index < -0.39 is 5.97 Å². The molecule has 0 aliphatic heterocycles. The number of benzene rings is 1. The van der Waals surface area contributed by atoms with Crippen LogP contribution in [0.25, 0.3) is 10.2 Å². The van der Waals surface area contributed by atoms with Gasteiger partial charge in [-0.2, -0.15) is 0 Å². The molecule has 2 rings (SSSR count). The van der Waals surface area contributed by atoms with Gasteiger partial charge in [0.25, 0.3) is 5.91 Å². The predicted molar refractivity (Wildman–Crippen MR) is 82.0 cm³/mol. The molecule has 1 N–H and O–H groups in total. The first-order valence-electron chi connectivity index (χ1n) is 5.83. The Morgan fingerprint density at radius 1 is 1.45 bits per heavy atom. The molecule has 1 aromatic heterocycles. The Balaban J connectivity index is 2.31. The Labute approximate surface area is 124 Å². The van der Waals surface area contributed by atoms with Crippen molar-refractivity contribution in [1.29, 1.82) is 0 Å². The summed E-state index contributed by atoms with van der Waals surface area (Å²) in [6, 6.07) is 5.53. The zero-order chi connectivity index (χ0) is 14.5. The summed E-state index contributed by atoms with van der Waals surface area (Å²) >= 11 is 2.82. The molecule has 0 fully saturated rings. The van der Waals surface area contributed by atoms with Gasteiger partial charge in [0, 0.05) is 17.9 Å². The van der Waals surface area contributed by atoms with Crippen molar-refractivity contribution in [3.63, 3.8) is 0 Å². The first kappa shape index (κ1) is 14.5. The molecule has 104 valence electrons. The number of aliphatic carboxylic acids is 1. The molecule has 0 aliphatic rings. The number of thiazole rings is 1. The van der Waals surface area contributed by atoms with E-state index in [9.17, 15) is 9.59 Å². The quantitative estimate of drug-likeness (QED) is 0.679. The smallest absolute Gasteiger partial charge is 0.328 e. The van der Waals surface area contributed by atoms with Crippen LogP contribution in [-0.2, 0) is 9.59 Å². The molecule has 0 unspecified atom stereocenters. The van der Waals surface area contributed by atoms with Crippen molar-refractivity contribution in [2.75, 3.05) is 10.1 Å². The third-order valence-electron chi connectivity index (χ3n) is 2.38. The van der Waals surface area contributed by atoms with E-state index in [1.807, 2.05) is 19.1 Å². The molecular weight excluding hydrogens is 296 g/mol. The number of carboxylic acids is 1. The number of rotatable bonds is 5. The summed E-state index contributed by atoms with van der Waals surface area (Å²) in [6.45, 7) is 1.93. The molecule has 2 aromatic rings. The molecule has 5 nitrogen and oxygen atoms in total. The van der Waals surface area contributed by atoms with Crippen molar-refractivity contribution in [1.82, 2.24) is 4.98 Å². The Bertz CT molecular complexity index is 666. The van der Waals surface area contributed by atoms with Crippen LogP contribution in [-0.4, -0.2) is 27.7 Å². The second kappa shape index (κ2) is 6.53. The van der Waals surface area contributed by atoms with E-state index in [2.05, 4.69) is 4.98 Å².